The molecule has 1 amide bonds. The number of hydrogen-bond acceptors (Lipinski definition) is 5. The molecule has 1 aromatic rings. The zero-order chi connectivity index (χ0) is 16.2. The number of aliphatic hydroxyl groups excluding tert-OH is 1. The Balaban J connectivity index is 2.08. The maximum atomic E-state index is 12.6. The Labute approximate surface area is 131 Å². The number of aromatic nitrogens is 2. The Bertz CT molecular complexity index is 501. The van der Waals surface area contributed by atoms with Gasteiger partial charge < -0.3 is 14.4 Å². The lowest BCUT2D eigenvalue weighted by Crippen LogP contribution is -2.48. The molecule has 1 aliphatic heterocycles. The molecular weight excluding hydrogens is 282 g/mol. The van der Waals surface area contributed by atoms with Gasteiger partial charge in [0.15, 0.2) is 0 Å². The lowest BCUT2D eigenvalue weighted by atomic mass is 9.74. The Kier molecular flexibility index (Phi) is 5.56. The van der Waals surface area contributed by atoms with Crippen molar-refractivity contribution in [1.29, 1.82) is 0 Å². The van der Waals surface area contributed by atoms with Crippen molar-refractivity contribution in [3.8, 4) is 0 Å². The summed E-state index contributed by atoms with van der Waals surface area (Å²) in [5.41, 5.74) is -0.200. The average molecular weight is 309 g/mol. The molecule has 124 valence electrons. The molecule has 0 aliphatic carbocycles. The third kappa shape index (κ3) is 3.85. The van der Waals surface area contributed by atoms with Crippen molar-refractivity contribution in [1.82, 2.24) is 15.1 Å². The summed E-state index contributed by atoms with van der Waals surface area (Å²) in [6.07, 6.45) is 4.36. The lowest BCUT2D eigenvalue weighted by Gasteiger charge is -2.42. The Morgan fingerprint density at radius 3 is 2.86 bits per heavy atom. The number of rotatable bonds is 6. The van der Waals surface area contributed by atoms with Gasteiger partial charge in [0.25, 0.3) is 0 Å². The highest BCUT2D eigenvalue weighted by atomic mass is 16.4. The fourth-order valence-electron chi connectivity index (χ4n) is 3.40. The quantitative estimate of drug-likeness (QED) is 0.872. The molecule has 22 heavy (non-hydrogen) atoms. The number of carbonyl (C=O) groups excluding carboxylic acids is 1. The summed E-state index contributed by atoms with van der Waals surface area (Å²) in [6, 6.07) is 0. The molecule has 1 N–H and O–H groups in total. The van der Waals surface area contributed by atoms with Crippen LogP contribution in [0.1, 0.15) is 63.0 Å². The minimum Gasteiger partial charge on any atom is -0.417 e. The van der Waals surface area contributed by atoms with Crippen molar-refractivity contribution in [3.05, 3.63) is 11.8 Å². The van der Waals surface area contributed by atoms with Crippen LogP contribution < -0.4 is 0 Å². The van der Waals surface area contributed by atoms with Crippen molar-refractivity contribution in [2.24, 2.45) is 11.3 Å². The van der Waals surface area contributed by atoms with Crippen LogP contribution in [0.3, 0.4) is 0 Å². The van der Waals surface area contributed by atoms with Crippen LogP contribution in [0.4, 0.5) is 0 Å². The van der Waals surface area contributed by atoms with Crippen molar-refractivity contribution in [2.75, 3.05) is 19.7 Å². The first-order valence-electron chi connectivity index (χ1n) is 8.22. The molecule has 0 aromatic carbocycles. The van der Waals surface area contributed by atoms with Crippen LogP contribution in [-0.4, -0.2) is 45.8 Å². The van der Waals surface area contributed by atoms with Crippen LogP contribution in [0, 0.1) is 11.3 Å². The van der Waals surface area contributed by atoms with E-state index in [2.05, 4.69) is 24.0 Å². The molecule has 6 nitrogen and oxygen atoms in total. The molecule has 1 saturated heterocycles. The smallest absolute Gasteiger partial charge is 0.311 e. The number of piperidine rings is 1. The van der Waals surface area contributed by atoms with Crippen LogP contribution >= 0.6 is 0 Å². The molecule has 0 bridgehead atoms. The summed E-state index contributed by atoms with van der Waals surface area (Å²) in [7, 11) is 0. The number of aryl methyl sites for hydroxylation is 1. The standard InChI is InChI=1S/C16H27N3O3/c1-4-6-13-17-18-14(22-13)15(21)19-8-5-7-16(10-19,11-20)9-12(2)3/h12,20H,4-11H2,1-3H3/t16-/m1/s1. The van der Waals surface area contributed by atoms with E-state index in [-0.39, 0.29) is 23.8 Å². The van der Waals surface area contributed by atoms with Crippen LogP contribution in [0.5, 0.6) is 0 Å². The molecule has 1 aliphatic rings. The molecule has 2 rings (SSSR count). The van der Waals surface area contributed by atoms with Crippen molar-refractivity contribution < 1.29 is 14.3 Å². The normalized spacial score (nSPS) is 22.3. The third-order valence-corrected chi connectivity index (χ3v) is 4.24. The van der Waals surface area contributed by atoms with E-state index in [0.29, 0.717) is 31.3 Å². The van der Waals surface area contributed by atoms with Crippen LogP contribution in [0.25, 0.3) is 0 Å². The summed E-state index contributed by atoms with van der Waals surface area (Å²) in [5.74, 6) is 0.859. The largest absolute Gasteiger partial charge is 0.417 e. The molecule has 0 saturated carbocycles. The molecule has 0 radical (unpaired) electrons. The summed E-state index contributed by atoms with van der Waals surface area (Å²) in [4.78, 5) is 14.3. The number of carbonyl (C=O) groups is 1. The van der Waals surface area contributed by atoms with Gasteiger partial charge in [0.1, 0.15) is 0 Å². The minimum absolute atomic E-state index is 0.0711. The third-order valence-electron chi connectivity index (χ3n) is 4.24. The van der Waals surface area contributed by atoms with Gasteiger partial charge in [-0.15, -0.1) is 10.2 Å². The van der Waals surface area contributed by atoms with Crippen molar-refractivity contribution in [3.63, 3.8) is 0 Å². The van der Waals surface area contributed by atoms with Crippen LogP contribution in [-0.2, 0) is 6.42 Å². The fraction of sp³-hybridized carbons (Fsp3) is 0.812. The van der Waals surface area contributed by atoms with E-state index >= 15 is 0 Å². The van der Waals surface area contributed by atoms with Gasteiger partial charge >= 0.3 is 11.8 Å². The number of amides is 1. The van der Waals surface area contributed by atoms with E-state index in [1.54, 1.807) is 4.90 Å². The van der Waals surface area contributed by atoms with Gasteiger partial charge in [-0.1, -0.05) is 20.8 Å². The van der Waals surface area contributed by atoms with Gasteiger partial charge in [-0.25, -0.2) is 0 Å². The van der Waals surface area contributed by atoms with Gasteiger partial charge in [0.2, 0.25) is 5.89 Å². The highest BCUT2D eigenvalue weighted by molar-refractivity contribution is 5.89. The zero-order valence-corrected chi connectivity index (χ0v) is 13.8. The first-order valence-corrected chi connectivity index (χ1v) is 8.22. The summed E-state index contributed by atoms with van der Waals surface area (Å²) in [6.45, 7) is 7.67. The predicted octanol–water partition coefficient (Wildman–Crippen LogP) is 2.28. The Hall–Kier alpha value is -1.43. The van der Waals surface area contributed by atoms with Gasteiger partial charge in [0.05, 0.1) is 6.61 Å². The monoisotopic (exact) mass is 309 g/mol. The molecule has 1 atom stereocenters. The molecule has 1 fully saturated rings. The maximum absolute atomic E-state index is 12.6. The van der Waals surface area contributed by atoms with Crippen LogP contribution in [0.15, 0.2) is 4.42 Å². The maximum Gasteiger partial charge on any atom is 0.311 e. The Morgan fingerprint density at radius 1 is 1.45 bits per heavy atom. The number of aliphatic hydroxyl groups is 1. The van der Waals surface area contributed by atoms with Gasteiger partial charge in [-0.2, -0.15) is 0 Å². The molecule has 6 heteroatoms. The zero-order valence-electron chi connectivity index (χ0n) is 13.8. The lowest BCUT2D eigenvalue weighted by molar-refractivity contribution is 0.0140. The molecular formula is C16H27N3O3. The molecule has 0 unspecified atom stereocenters. The average Bonchev–Trinajstić information content (AvgIpc) is 2.95. The second-order valence-electron chi connectivity index (χ2n) is 6.84. The number of hydrogen-bond donors (Lipinski definition) is 1. The minimum atomic E-state index is -0.212. The van der Waals surface area contributed by atoms with Gasteiger partial charge in [-0.3, -0.25) is 4.79 Å². The van der Waals surface area contributed by atoms with Crippen molar-refractivity contribution >= 4 is 5.91 Å². The van der Waals surface area contributed by atoms with E-state index in [1.807, 2.05) is 6.92 Å². The van der Waals surface area contributed by atoms with Gasteiger partial charge in [0, 0.05) is 24.9 Å². The highest BCUT2D eigenvalue weighted by Crippen LogP contribution is 2.36. The highest BCUT2D eigenvalue weighted by Gasteiger charge is 2.38. The topological polar surface area (TPSA) is 79.5 Å². The first-order chi connectivity index (χ1) is 10.5. The summed E-state index contributed by atoms with van der Waals surface area (Å²) >= 11 is 0. The van der Waals surface area contributed by atoms with E-state index in [1.165, 1.54) is 0 Å². The van der Waals surface area contributed by atoms with E-state index in [4.69, 9.17) is 4.42 Å². The van der Waals surface area contributed by atoms with E-state index < -0.39 is 0 Å². The van der Waals surface area contributed by atoms with Crippen LogP contribution in [0.2, 0.25) is 0 Å². The fourth-order valence-corrected chi connectivity index (χ4v) is 3.40. The predicted molar refractivity (Wildman–Crippen MR) is 82.4 cm³/mol. The van der Waals surface area contributed by atoms with E-state index in [9.17, 15) is 9.90 Å². The molecule has 1 aromatic heterocycles. The van der Waals surface area contributed by atoms with Gasteiger partial charge in [-0.05, 0) is 31.6 Å². The summed E-state index contributed by atoms with van der Waals surface area (Å²) < 4.78 is 5.45. The van der Waals surface area contributed by atoms with E-state index in [0.717, 1.165) is 25.7 Å². The SMILES string of the molecule is CCCc1nnc(C(=O)N2CCC[C@@](CO)(CC(C)C)C2)o1. The molecule has 2 heterocycles. The Morgan fingerprint density at radius 2 is 2.23 bits per heavy atom. The number of likely N-dealkylation sites (tertiary alicyclic amines) is 1. The second kappa shape index (κ2) is 7.22. The first kappa shape index (κ1) is 16.9. The second-order valence-corrected chi connectivity index (χ2v) is 6.84. The van der Waals surface area contributed by atoms with Crippen molar-refractivity contribution in [2.45, 2.75) is 52.9 Å². The molecule has 0 spiro atoms. The summed E-state index contributed by atoms with van der Waals surface area (Å²) in [5, 5.41) is 17.6. The number of nitrogens with zero attached hydrogens (tertiary/aromatic N) is 3.